The van der Waals surface area contributed by atoms with E-state index in [1.54, 1.807) is 12.1 Å². The maximum absolute atomic E-state index is 12.4. The van der Waals surface area contributed by atoms with Gasteiger partial charge in [-0.05, 0) is 30.9 Å². The molecule has 1 saturated heterocycles. The minimum atomic E-state index is -3.66. The van der Waals surface area contributed by atoms with Crippen molar-refractivity contribution >= 4 is 10.0 Å². The van der Waals surface area contributed by atoms with Gasteiger partial charge in [0.2, 0.25) is 10.0 Å². The number of hydrogen-bond acceptors (Lipinski definition) is 4. The summed E-state index contributed by atoms with van der Waals surface area (Å²) < 4.78 is 26.0. The van der Waals surface area contributed by atoms with Crippen molar-refractivity contribution in [3.8, 4) is 5.75 Å². The molecule has 100 valence electrons. The smallest absolute Gasteiger partial charge is 0.246 e. The van der Waals surface area contributed by atoms with E-state index in [9.17, 15) is 13.5 Å². The zero-order chi connectivity index (χ0) is 13.2. The number of aliphatic hydroxyl groups is 1. The molecule has 1 aromatic carbocycles. The Hall–Kier alpha value is -1.11. The number of hydrogen-bond donors (Lipinski definition) is 2. The van der Waals surface area contributed by atoms with Gasteiger partial charge in [-0.1, -0.05) is 12.1 Å². The molecule has 18 heavy (non-hydrogen) atoms. The number of piperidine rings is 1. The molecule has 1 heterocycles. The predicted octanol–water partition coefficient (Wildman–Crippen LogP) is 0.785. The molecule has 5 nitrogen and oxygen atoms in total. The summed E-state index contributed by atoms with van der Waals surface area (Å²) >= 11 is 0. The van der Waals surface area contributed by atoms with Gasteiger partial charge in [0.05, 0.1) is 0 Å². The highest BCUT2D eigenvalue weighted by Crippen LogP contribution is 2.28. The molecule has 0 aliphatic carbocycles. The Morgan fingerprint density at radius 2 is 2.06 bits per heavy atom. The first-order valence-corrected chi connectivity index (χ1v) is 7.38. The van der Waals surface area contributed by atoms with E-state index in [-0.39, 0.29) is 23.2 Å². The fourth-order valence-corrected chi connectivity index (χ4v) is 3.85. The molecule has 1 aromatic rings. The van der Waals surface area contributed by atoms with E-state index in [2.05, 4.69) is 0 Å². The average molecular weight is 271 g/mol. The van der Waals surface area contributed by atoms with Crippen LogP contribution in [0.15, 0.2) is 29.2 Å². The molecule has 1 aliphatic rings. The van der Waals surface area contributed by atoms with Crippen LogP contribution >= 0.6 is 0 Å². The van der Waals surface area contributed by atoms with Gasteiger partial charge in [0.25, 0.3) is 0 Å². The minimum absolute atomic E-state index is 0.00715. The van der Waals surface area contributed by atoms with Crippen LogP contribution in [-0.2, 0) is 10.0 Å². The number of sulfonamides is 1. The first-order valence-electron chi connectivity index (χ1n) is 5.94. The molecule has 2 N–H and O–H groups in total. The van der Waals surface area contributed by atoms with Gasteiger partial charge in [0.1, 0.15) is 10.6 Å². The van der Waals surface area contributed by atoms with Crippen LogP contribution in [0.1, 0.15) is 12.8 Å². The van der Waals surface area contributed by atoms with Gasteiger partial charge in [-0.15, -0.1) is 0 Å². The average Bonchev–Trinajstić information content (AvgIpc) is 2.39. The van der Waals surface area contributed by atoms with E-state index in [0.717, 1.165) is 12.8 Å². The van der Waals surface area contributed by atoms with Crippen molar-refractivity contribution in [2.75, 3.05) is 19.7 Å². The van der Waals surface area contributed by atoms with Crippen LogP contribution in [0.5, 0.6) is 5.75 Å². The second kappa shape index (κ2) is 5.26. The first-order chi connectivity index (χ1) is 8.55. The Kier molecular flexibility index (Phi) is 3.89. The normalized spacial score (nSPS) is 21.9. The van der Waals surface area contributed by atoms with E-state index >= 15 is 0 Å². The van der Waals surface area contributed by atoms with Crippen LogP contribution in [-0.4, -0.2) is 42.6 Å². The summed E-state index contributed by atoms with van der Waals surface area (Å²) in [5.41, 5.74) is 0. The molecule has 0 spiro atoms. The van der Waals surface area contributed by atoms with Crippen molar-refractivity contribution < 1.29 is 18.6 Å². The van der Waals surface area contributed by atoms with Crippen molar-refractivity contribution in [2.45, 2.75) is 17.7 Å². The summed E-state index contributed by atoms with van der Waals surface area (Å²) in [4.78, 5) is -0.0661. The third-order valence-electron chi connectivity index (χ3n) is 3.22. The lowest BCUT2D eigenvalue weighted by Gasteiger charge is -2.31. The molecule has 0 saturated carbocycles. The molecule has 1 atom stereocenters. The van der Waals surface area contributed by atoms with Gasteiger partial charge in [-0.2, -0.15) is 4.31 Å². The van der Waals surface area contributed by atoms with Crippen LogP contribution in [0.25, 0.3) is 0 Å². The maximum atomic E-state index is 12.4. The van der Waals surface area contributed by atoms with Gasteiger partial charge in [0, 0.05) is 19.7 Å². The lowest BCUT2D eigenvalue weighted by atomic mass is 10.0. The van der Waals surface area contributed by atoms with Crippen LogP contribution in [0.4, 0.5) is 0 Å². The molecule has 2 rings (SSSR count). The number of phenolic OH excluding ortho intramolecular Hbond substituents is 1. The summed E-state index contributed by atoms with van der Waals surface area (Å²) in [5.74, 6) is -0.247. The molecule has 1 fully saturated rings. The molecule has 6 heteroatoms. The van der Waals surface area contributed by atoms with Crippen molar-refractivity contribution in [2.24, 2.45) is 5.92 Å². The minimum Gasteiger partial charge on any atom is -0.507 e. The highest BCUT2D eigenvalue weighted by molar-refractivity contribution is 7.89. The fourth-order valence-electron chi connectivity index (χ4n) is 2.21. The van der Waals surface area contributed by atoms with Crippen LogP contribution < -0.4 is 0 Å². The van der Waals surface area contributed by atoms with Crippen molar-refractivity contribution in [1.29, 1.82) is 0 Å². The number of nitrogens with zero attached hydrogens (tertiary/aromatic N) is 1. The summed E-state index contributed by atoms with van der Waals surface area (Å²) in [6.45, 7) is 0.743. The first kappa shape index (κ1) is 13.3. The molecule has 0 aromatic heterocycles. The SMILES string of the molecule is O=S(=O)(c1ccccc1O)N1CCCC(CO)C1. The van der Waals surface area contributed by atoms with Crippen LogP contribution in [0, 0.1) is 5.92 Å². The van der Waals surface area contributed by atoms with E-state index in [0.29, 0.717) is 13.1 Å². The second-order valence-electron chi connectivity index (χ2n) is 4.52. The Labute approximate surface area is 107 Å². The van der Waals surface area contributed by atoms with E-state index < -0.39 is 10.0 Å². The summed E-state index contributed by atoms with van der Waals surface area (Å²) in [7, 11) is -3.66. The van der Waals surface area contributed by atoms with Crippen molar-refractivity contribution in [3.63, 3.8) is 0 Å². The van der Waals surface area contributed by atoms with E-state index in [1.807, 2.05) is 0 Å². The third kappa shape index (κ3) is 2.50. The molecule has 1 aliphatic heterocycles. The van der Waals surface area contributed by atoms with Crippen molar-refractivity contribution in [3.05, 3.63) is 24.3 Å². The summed E-state index contributed by atoms with van der Waals surface area (Å²) in [5, 5.41) is 18.8. The zero-order valence-electron chi connectivity index (χ0n) is 9.99. The van der Waals surface area contributed by atoms with Gasteiger partial charge in [-0.25, -0.2) is 8.42 Å². The Bertz CT molecular complexity index is 515. The van der Waals surface area contributed by atoms with Crippen LogP contribution in [0.2, 0.25) is 0 Å². The monoisotopic (exact) mass is 271 g/mol. The summed E-state index contributed by atoms with van der Waals surface area (Å²) in [6, 6.07) is 5.93. The Morgan fingerprint density at radius 3 is 2.72 bits per heavy atom. The lowest BCUT2D eigenvalue weighted by Crippen LogP contribution is -2.40. The second-order valence-corrected chi connectivity index (χ2v) is 6.43. The molecular weight excluding hydrogens is 254 g/mol. The maximum Gasteiger partial charge on any atom is 0.246 e. The predicted molar refractivity (Wildman–Crippen MR) is 66.7 cm³/mol. The molecule has 0 radical (unpaired) electrons. The van der Waals surface area contributed by atoms with Gasteiger partial charge in [0.15, 0.2) is 0 Å². The quantitative estimate of drug-likeness (QED) is 0.852. The standard InChI is InChI=1S/C12H17NO4S/c14-9-10-4-3-7-13(8-10)18(16,17)12-6-2-1-5-11(12)15/h1-2,5-6,10,14-15H,3-4,7-9H2. The number of benzene rings is 1. The third-order valence-corrected chi connectivity index (χ3v) is 5.14. The zero-order valence-corrected chi connectivity index (χ0v) is 10.8. The number of phenols is 1. The molecule has 0 amide bonds. The topological polar surface area (TPSA) is 77.8 Å². The van der Waals surface area contributed by atoms with Gasteiger partial charge in [-0.3, -0.25) is 0 Å². The van der Waals surface area contributed by atoms with Gasteiger partial charge < -0.3 is 10.2 Å². The number of aromatic hydroxyl groups is 1. The van der Waals surface area contributed by atoms with E-state index in [1.165, 1.54) is 16.4 Å². The fraction of sp³-hybridized carbons (Fsp3) is 0.500. The Morgan fingerprint density at radius 1 is 1.33 bits per heavy atom. The molecule has 0 bridgehead atoms. The number of rotatable bonds is 3. The highest BCUT2D eigenvalue weighted by Gasteiger charge is 2.31. The van der Waals surface area contributed by atoms with Crippen LogP contribution in [0.3, 0.4) is 0 Å². The number of para-hydroxylation sites is 1. The lowest BCUT2D eigenvalue weighted by molar-refractivity contribution is 0.165. The number of aliphatic hydroxyl groups excluding tert-OH is 1. The molecule has 1 unspecified atom stereocenters. The molecular formula is C12H17NO4S. The highest BCUT2D eigenvalue weighted by atomic mass is 32.2. The van der Waals surface area contributed by atoms with Crippen molar-refractivity contribution in [1.82, 2.24) is 4.31 Å². The van der Waals surface area contributed by atoms with Gasteiger partial charge >= 0.3 is 0 Å². The largest absolute Gasteiger partial charge is 0.507 e. The summed E-state index contributed by atoms with van der Waals surface area (Å²) in [6.07, 6.45) is 1.57. The van der Waals surface area contributed by atoms with E-state index in [4.69, 9.17) is 5.11 Å². The Balaban J connectivity index is 2.29.